The van der Waals surface area contributed by atoms with Crippen LogP contribution in [-0.4, -0.2) is 22.8 Å². The van der Waals surface area contributed by atoms with Gasteiger partial charge in [-0.1, -0.05) is 23.4 Å². The number of rotatable bonds is 3. The topological polar surface area (TPSA) is 61.3 Å². The second kappa shape index (κ2) is 5.57. The summed E-state index contributed by atoms with van der Waals surface area (Å²) in [5.41, 5.74) is 7.52. The zero-order valence-corrected chi connectivity index (χ0v) is 11.4. The molecular weight excluding hydrogens is 260 g/mol. The van der Waals surface area contributed by atoms with E-state index in [2.05, 4.69) is 5.16 Å². The fourth-order valence-electron chi connectivity index (χ4n) is 2.22. The minimum atomic E-state index is 0.295. The summed E-state index contributed by atoms with van der Waals surface area (Å²) >= 11 is 1.99. The highest BCUT2D eigenvalue weighted by molar-refractivity contribution is 7.99. The van der Waals surface area contributed by atoms with Crippen molar-refractivity contribution in [3.8, 4) is 16.9 Å². The van der Waals surface area contributed by atoms with Crippen LogP contribution in [0.4, 0.5) is 5.88 Å². The average molecular weight is 276 g/mol. The molecule has 2 N–H and O–H groups in total. The Hall–Kier alpha value is -1.62. The Morgan fingerprint density at radius 1 is 1.21 bits per heavy atom. The molecule has 3 rings (SSSR count). The van der Waals surface area contributed by atoms with Gasteiger partial charge in [0.15, 0.2) is 0 Å². The number of benzene rings is 1. The van der Waals surface area contributed by atoms with Crippen LogP contribution in [0.5, 0.6) is 5.75 Å². The first-order chi connectivity index (χ1) is 9.34. The van der Waals surface area contributed by atoms with Crippen LogP contribution in [0, 0.1) is 0 Å². The Kier molecular flexibility index (Phi) is 3.64. The summed E-state index contributed by atoms with van der Waals surface area (Å²) in [6.07, 6.45) is 4.12. The number of para-hydroxylation sites is 1. The number of ether oxygens (including phenoxy) is 1. The minimum absolute atomic E-state index is 0.295. The molecule has 1 aliphatic heterocycles. The second-order valence-corrected chi connectivity index (χ2v) is 5.75. The number of hydrogen-bond acceptors (Lipinski definition) is 5. The molecule has 1 saturated heterocycles. The van der Waals surface area contributed by atoms with Crippen LogP contribution in [0.2, 0.25) is 0 Å². The zero-order valence-electron chi connectivity index (χ0n) is 10.5. The lowest BCUT2D eigenvalue weighted by Gasteiger charge is -2.23. The van der Waals surface area contributed by atoms with E-state index in [9.17, 15) is 0 Å². The highest BCUT2D eigenvalue weighted by Crippen LogP contribution is 2.35. The fourth-order valence-corrected chi connectivity index (χ4v) is 3.28. The lowest BCUT2D eigenvalue weighted by molar-refractivity contribution is 0.193. The first-order valence-electron chi connectivity index (χ1n) is 6.38. The van der Waals surface area contributed by atoms with E-state index in [0.29, 0.717) is 12.0 Å². The summed E-state index contributed by atoms with van der Waals surface area (Å²) in [6, 6.07) is 7.89. The average Bonchev–Trinajstić information content (AvgIpc) is 2.87. The Morgan fingerprint density at radius 3 is 2.74 bits per heavy atom. The smallest absolute Gasteiger partial charge is 0.230 e. The molecule has 1 aromatic heterocycles. The molecule has 0 radical (unpaired) electrons. The molecule has 0 atom stereocenters. The van der Waals surface area contributed by atoms with Gasteiger partial charge in [0.2, 0.25) is 5.88 Å². The third kappa shape index (κ3) is 2.71. The molecule has 100 valence electrons. The molecule has 0 aliphatic carbocycles. The fraction of sp³-hybridized carbons (Fsp3) is 0.357. The van der Waals surface area contributed by atoms with Gasteiger partial charge in [0.1, 0.15) is 11.9 Å². The highest BCUT2D eigenvalue weighted by atomic mass is 32.2. The maximum Gasteiger partial charge on any atom is 0.230 e. The van der Waals surface area contributed by atoms with Crippen LogP contribution < -0.4 is 10.5 Å². The van der Waals surface area contributed by atoms with Gasteiger partial charge in [-0.25, -0.2) is 0 Å². The Morgan fingerprint density at radius 2 is 2.00 bits per heavy atom. The van der Waals surface area contributed by atoms with Gasteiger partial charge in [-0.3, -0.25) is 0 Å². The molecule has 0 saturated carbocycles. The van der Waals surface area contributed by atoms with Gasteiger partial charge in [0.05, 0.1) is 11.8 Å². The third-order valence-corrected chi connectivity index (χ3v) is 4.29. The van der Waals surface area contributed by atoms with E-state index in [1.807, 2.05) is 36.0 Å². The maximum absolute atomic E-state index is 6.13. The first-order valence-corrected chi connectivity index (χ1v) is 7.54. The standard InChI is InChI=1S/C14H16N2O2S/c15-14-12(9-16-18-14)11-3-1-2-4-13(11)17-10-5-7-19-8-6-10/h1-4,9-10H,5-8,15H2. The van der Waals surface area contributed by atoms with E-state index in [1.165, 1.54) is 11.5 Å². The lowest BCUT2D eigenvalue weighted by Crippen LogP contribution is -2.22. The van der Waals surface area contributed by atoms with Crippen LogP contribution in [0.15, 0.2) is 35.0 Å². The SMILES string of the molecule is Nc1oncc1-c1ccccc1OC1CCSCC1. The summed E-state index contributed by atoms with van der Waals surface area (Å²) in [5, 5.41) is 3.73. The van der Waals surface area contributed by atoms with Gasteiger partial charge in [0, 0.05) is 5.56 Å². The molecule has 0 unspecified atom stereocenters. The molecule has 5 heteroatoms. The summed E-state index contributed by atoms with van der Waals surface area (Å²) < 4.78 is 11.1. The van der Waals surface area contributed by atoms with Crippen LogP contribution in [0.3, 0.4) is 0 Å². The Bertz CT molecular complexity index is 550. The summed E-state index contributed by atoms with van der Waals surface area (Å²) in [6.45, 7) is 0. The van der Waals surface area contributed by atoms with Gasteiger partial charge in [-0.2, -0.15) is 11.8 Å². The summed E-state index contributed by atoms with van der Waals surface area (Å²) in [5.74, 6) is 3.52. The molecule has 4 nitrogen and oxygen atoms in total. The van der Waals surface area contributed by atoms with Gasteiger partial charge in [-0.15, -0.1) is 0 Å². The molecular formula is C14H16N2O2S. The van der Waals surface area contributed by atoms with Crippen molar-refractivity contribution in [1.82, 2.24) is 5.16 Å². The van der Waals surface area contributed by atoms with Crippen molar-refractivity contribution in [2.75, 3.05) is 17.2 Å². The number of nitrogens with two attached hydrogens (primary N) is 1. The molecule has 2 heterocycles. The number of hydrogen-bond donors (Lipinski definition) is 1. The predicted molar refractivity (Wildman–Crippen MR) is 77.3 cm³/mol. The normalized spacial score (nSPS) is 16.4. The van der Waals surface area contributed by atoms with Crippen LogP contribution in [-0.2, 0) is 0 Å². The number of aromatic nitrogens is 1. The van der Waals surface area contributed by atoms with Crippen molar-refractivity contribution in [2.45, 2.75) is 18.9 Å². The predicted octanol–water partition coefficient (Wildman–Crippen LogP) is 3.20. The monoisotopic (exact) mass is 276 g/mol. The van der Waals surface area contributed by atoms with E-state index < -0.39 is 0 Å². The van der Waals surface area contributed by atoms with Crippen LogP contribution in [0.25, 0.3) is 11.1 Å². The highest BCUT2D eigenvalue weighted by Gasteiger charge is 2.18. The van der Waals surface area contributed by atoms with E-state index in [4.69, 9.17) is 15.0 Å². The molecule has 1 aromatic carbocycles. The summed E-state index contributed by atoms with van der Waals surface area (Å²) in [4.78, 5) is 0. The van der Waals surface area contributed by atoms with E-state index >= 15 is 0 Å². The van der Waals surface area contributed by atoms with Gasteiger partial charge < -0.3 is 15.0 Å². The van der Waals surface area contributed by atoms with Crippen molar-refractivity contribution < 1.29 is 9.26 Å². The van der Waals surface area contributed by atoms with Crippen molar-refractivity contribution in [2.24, 2.45) is 0 Å². The number of nitrogen functional groups attached to an aromatic ring is 1. The van der Waals surface area contributed by atoms with Gasteiger partial charge >= 0.3 is 0 Å². The summed E-state index contributed by atoms with van der Waals surface area (Å²) in [7, 11) is 0. The van der Waals surface area contributed by atoms with Crippen molar-refractivity contribution in [3.63, 3.8) is 0 Å². The number of anilines is 1. The largest absolute Gasteiger partial charge is 0.490 e. The number of nitrogens with zero attached hydrogens (tertiary/aromatic N) is 1. The molecule has 2 aromatic rings. The molecule has 1 aliphatic rings. The minimum Gasteiger partial charge on any atom is -0.490 e. The van der Waals surface area contributed by atoms with Crippen molar-refractivity contribution >= 4 is 17.6 Å². The molecule has 1 fully saturated rings. The van der Waals surface area contributed by atoms with Gasteiger partial charge in [-0.05, 0) is 30.4 Å². The quantitative estimate of drug-likeness (QED) is 0.932. The maximum atomic E-state index is 6.13. The van der Waals surface area contributed by atoms with Crippen molar-refractivity contribution in [1.29, 1.82) is 0 Å². The molecule has 0 spiro atoms. The van der Waals surface area contributed by atoms with E-state index in [1.54, 1.807) is 6.20 Å². The first kappa shape index (κ1) is 12.4. The van der Waals surface area contributed by atoms with Crippen LogP contribution >= 0.6 is 11.8 Å². The molecule has 0 amide bonds. The van der Waals surface area contributed by atoms with E-state index in [-0.39, 0.29) is 0 Å². The van der Waals surface area contributed by atoms with E-state index in [0.717, 1.165) is 29.7 Å². The van der Waals surface area contributed by atoms with Crippen molar-refractivity contribution in [3.05, 3.63) is 30.5 Å². The second-order valence-electron chi connectivity index (χ2n) is 4.53. The molecule has 0 bridgehead atoms. The lowest BCUT2D eigenvalue weighted by atomic mass is 10.1. The zero-order chi connectivity index (χ0) is 13.1. The molecule has 19 heavy (non-hydrogen) atoms. The van der Waals surface area contributed by atoms with Crippen LogP contribution in [0.1, 0.15) is 12.8 Å². The number of thioether (sulfide) groups is 1. The van der Waals surface area contributed by atoms with Gasteiger partial charge in [0.25, 0.3) is 0 Å². The third-order valence-electron chi connectivity index (χ3n) is 3.24. The Labute approximate surface area is 116 Å². The Balaban J connectivity index is 1.87.